The molecular formula is C8H7N3O2S. The van der Waals surface area contributed by atoms with E-state index in [9.17, 15) is 4.79 Å². The van der Waals surface area contributed by atoms with Gasteiger partial charge in [0.15, 0.2) is 0 Å². The zero-order chi connectivity index (χ0) is 10.1. The summed E-state index contributed by atoms with van der Waals surface area (Å²) in [5.41, 5.74) is 6.48. The molecular weight excluding hydrogens is 202 g/mol. The van der Waals surface area contributed by atoms with Gasteiger partial charge in [0.25, 0.3) is 0 Å². The Kier molecular flexibility index (Phi) is 2.05. The SMILES string of the molecule is COC(=O)c1c(N)sc2nccnc12. The Bertz CT molecular complexity index is 494. The van der Waals surface area contributed by atoms with E-state index >= 15 is 0 Å². The number of fused-ring (bicyclic) bond motifs is 1. The van der Waals surface area contributed by atoms with Crippen LogP contribution in [0.1, 0.15) is 10.4 Å². The Hall–Kier alpha value is -1.69. The number of anilines is 1. The molecule has 5 nitrogen and oxygen atoms in total. The van der Waals surface area contributed by atoms with Crippen LogP contribution in [0, 0.1) is 0 Å². The fourth-order valence-electron chi connectivity index (χ4n) is 1.14. The second-order valence-electron chi connectivity index (χ2n) is 2.54. The minimum Gasteiger partial charge on any atom is -0.465 e. The molecule has 6 heteroatoms. The standard InChI is InChI=1S/C8H7N3O2S/c1-13-8(12)4-5-7(14-6(4)9)11-3-2-10-5/h2-3H,9H2,1H3. The summed E-state index contributed by atoms with van der Waals surface area (Å²) in [5.74, 6) is -0.478. The molecule has 72 valence electrons. The van der Waals surface area contributed by atoms with Crippen molar-refractivity contribution >= 4 is 32.7 Å². The number of methoxy groups -OCH3 is 1. The summed E-state index contributed by atoms with van der Waals surface area (Å²) in [5, 5.41) is 0.387. The van der Waals surface area contributed by atoms with E-state index < -0.39 is 5.97 Å². The van der Waals surface area contributed by atoms with Gasteiger partial charge in [0.05, 0.1) is 7.11 Å². The Morgan fingerprint density at radius 1 is 1.50 bits per heavy atom. The van der Waals surface area contributed by atoms with Crippen LogP contribution in [0.5, 0.6) is 0 Å². The van der Waals surface area contributed by atoms with Crippen molar-refractivity contribution in [3.05, 3.63) is 18.0 Å². The van der Waals surface area contributed by atoms with E-state index in [1.54, 1.807) is 6.20 Å². The molecule has 0 unspecified atom stereocenters. The molecule has 0 bridgehead atoms. The summed E-state index contributed by atoms with van der Waals surface area (Å²) in [6.45, 7) is 0. The first-order valence-electron chi connectivity index (χ1n) is 3.81. The van der Waals surface area contributed by atoms with Crippen molar-refractivity contribution < 1.29 is 9.53 Å². The second-order valence-corrected chi connectivity index (χ2v) is 3.57. The highest BCUT2D eigenvalue weighted by atomic mass is 32.1. The van der Waals surface area contributed by atoms with Gasteiger partial charge in [0.2, 0.25) is 0 Å². The van der Waals surface area contributed by atoms with Gasteiger partial charge >= 0.3 is 5.97 Å². The lowest BCUT2D eigenvalue weighted by atomic mass is 10.3. The number of nitrogens with zero attached hydrogens (tertiary/aromatic N) is 2. The molecule has 0 aliphatic carbocycles. The number of rotatable bonds is 1. The molecule has 0 aliphatic heterocycles. The molecule has 14 heavy (non-hydrogen) atoms. The quantitative estimate of drug-likeness (QED) is 0.710. The molecule has 0 saturated heterocycles. The van der Waals surface area contributed by atoms with Crippen molar-refractivity contribution in [2.45, 2.75) is 0 Å². The number of ether oxygens (including phenoxy) is 1. The van der Waals surface area contributed by atoms with Crippen LogP contribution in [0.25, 0.3) is 10.3 Å². The second kappa shape index (κ2) is 3.22. The van der Waals surface area contributed by atoms with E-state index in [-0.39, 0.29) is 0 Å². The van der Waals surface area contributed by atoms with E-state index in [1.165, 1.54) is 24.6 Å². The third-order valence-electron chi connectivity index (χ3n) is 1.74. The van der Waals surface area contributed by atoms with Gasteiger partial charge < -0.3 is 10.5 Å². The van der Waals surface area contributed by atoms with Crippen molar-refractivity contribution in [1.82, 2.24) is 9.97 Å². The lowest BCUT2D eigenvalue weighted by Crippen LogP contribution is -2.03. The summed E-state index contributed by atoms with van der Waals surface area (Å²) in [6.07, 6.45) is 3.07. The van der Waals surface area contributed by atoms with Crippen molar-refractivity contribution in [1.29, 1.82) is 0 Å². The molecule has 0 aliphatic rings. The normalized spacial score (nSPS) is 10.4. The third kappa shape index (κ3) is 1.20. The van der Waals surface area contributed by atoms with Gasteiger partial charge in [-0.05, 0) is 0 Å². The molecule has 0 aromatic carbocycles. The number of thiophene rings is 1. The van der Waals surface area contributed by atoms with Crippen molar-refractivity contribution in [2.24, 2.45) is 0 Å². The number of carbonyl (C=O) groups excluding carboxylic acids is 1. The number of nitrogen functional groups attached to an aromatic ring is 1. The monoisotopic (exact) mass is 209 g/mol. The maximum Gasteiger partial charge on any atom is 0.343 e. The summed E-state index contributed by atoms with van der Waals surface area (Å²) < 4.78 is 4.60. The van der Waals surface area contributed by atoms with Gasteiger partial charge in [-0.15, -0.1) is 0 Å². The lowest BCUT2D eigenvalue weighted by molar-refractivity contribution is 0.0604. The van der Waals surface area contributed by atoms with Gasteiger partial charge in [-0.2, -0.15) is 0 Å². The predicted molar refractivity (Wildman–Crippen MR) is 53.2 cm³/mol. The van der Waals surface area contributed by atoms with E-state index in [0.717, 1.165) is 0 Å². The van der Waals surface area contributed by atoms with Gasteiger partial charge in [-0.3, -0.25) is 4.98 Å². The summed E-state index contributed by atoms with van der Waals surface area (Å²) in [7, 11) is 1.31. The Morgan fingerprint density at radius 3 is 2.93 bits per heavy atom. The van der Waals surface area contributed by atoms with Gasteiger partial charge in [0.1, 0.15) is 20.9 Å². The average molecular weight is 209 g/mol. The summed E-state index contributed by atoms with van der Waals surface area (Å²) in [4.78, 5) is 20.1. The zero-order valence-electron chi connectivity index (χ0n) is 7.35. The van der Waals surface area contributed by atoms with E-state index in [4.69, 9.17) is 5.73 Å². The van der Waals surface area contributed by atoms with Gasteiger partial charge in [-0.25, -0.2) is 9.78 Å². The molecule has 0 atom stereocenters. The largest absolute Gasteiger partial charge is 0.465 e. The van der Waals surface area contributed by atoms with Crippen molar-refractivity contribution in [3.8, 4) is 0 Å². The number of hydrogen-bond donors (Lipinski definition) is 1. The Balaban J connectivity index is 2.74. The van der Waals surface area contributed by atoms with E-state index in [0.29, 0.717) is 20.9 Å². The van der Waals surface area contributed by atoms with Gasteiger partial charge in [0, 0.05) is 12.4 Å². The summed E-state index contributed by atoms with van der Waals surface area (Å²) in [6, 6.07) is 0. The van der Waals surface area contributed by atoms with Crippen molar-refractivity contribution in [3.63, 3.8) is 0 Å². The first-order valence-corrected chi connectivity index (χ1v) is 4.63. The molecule has 2 rings (SSSR count). The first-order chi connectivity index (χ1) is 6.74. The topological polar surface area (TPSA) is 78.1 Å². The number of aromatic nitrogens is 2. The van der Waals surface area contributed by atoms with Crippen LogP contribution in [0.3, 0.4) is 0 Å². The minimum absolute atomic E-state index is 0.306. The maximum absolute atomic E-state index is 11.3. The van der Waals surface area contributed by atoms with Crippen LogP contribution < -0.4 is 5.73 Å². The fourth-order valence-corrected chi connectivity index (χ4v) is 2.00. The molecule has 0 fully saturated rings. The minimum atomic E-state index is -0.478. The van der Waals surface area contributed by atoms with Crippen LogP contribution in [-0.4, -0.2) is 23.0 Å². The number of nitrogens with two attached hydrogens (primary N) is 1. The maximum atomic E-state index is 11.3. The van der Waals surface area contributed by atoms with Gasteiger partial charge in [-0.1, -0.05) is 11.3 Å². The Morgan fingerprint density at radius 2 is 2.21 bits per heavy atom. The predicted octanol–water partition coefficient (Wildman–Crippen LogP) is 1.06. The fraction of sp³-hybridized carbons (Fsp3) is 0.125. The number of esters is 1. The van der Waals surface area contributed by atoms with E-state index in [2.05, 4.69) is 14.7 Å². The molecule has 2 aromatic rings. The van der Waals surface area contributed by atoms with Crippen LogP contribution >= 0.6 is 11.3 Å². The zero-order valence-corrected chi connectivity index (χ0v) is 8.17. The number of hydrogen-bond acceptors (Lipinski definition) is 6. The van der Waals surface area contributed by atoms with E-state index in [1.807, 2.05) is 0 Å². The first kappa shape index (κ1) is 8.89. The van der Waals surface area contributed by atoms with Crippen LogP contribution in [0.4, 0.5) is 5.00 Å². The molecule has 2 aromatic heterocycles. The van der Waals surface area contributed by atoms with Crippen LogP contribution in [-0.2, 0) is 4.74 Å². The smallest absolute Gasteiger partial charge is 0.343 e. The highest BCUT2D eigenvalue weighted by Gasteiger charge is 2.19. The molecule has 2 heterocycles. The molecule has 2 N–H and O–H groups in total. The third-order valence-corrected chi connectivity index (χ3v) is 2.66. The Labute approximate surface area is 83.5 Å². The molecule has 0 amide bonds. The van der Waals surface area contributed by atoms with Crippen LogP contribution in [0.2, 0.25) is 0 Å². The number of carbonyl (C=O) groups is 1. The van der Waals surface area contributed by atoms with Crippen molar-refractivity contribution in [2.75, 3.05) is 12.8 Å². The highest BCUT2D eigenvalue weighted by molar-refractivity contribution is 7.22. The molecule has 0 saturated carbocycles. The molecule has 0 radical (unpaired) electrons. The lowest BCUT2D eigenvalue weighted by Gasteiger charge is -1.96. The average Bonchev–Trinajstić information content (AvgIpc) is 2.53. The molecule has 0 spiro atoms. The highest BCUT2D eigenvalue weighted by Crippen LogP contribution is 2.30. The van der Waals surface area contributed by atoms with Crippen LogP contribution in [0.15, 0.2) is 12.4 Å². The summed E-state index contributed by atoms with van der Waals surface area (Å²) >= 11 is 1.23.